The minimum atomic E-state index is -0.217. The van der Waals surface area contributed by atoms with Gasteiger partial charge in [0.15, 0.2) is 0 Å². The predicted molar refractivity (Wildman–Crippen MR) is 57.3 cm³/mol. The van der Waals surface area contributed by atoms with Crippen molar-refractivity contribution in [2.45, 2.75) is 0 Å². The Bertz CT molecular complexity index is 213. The molecule has 1 aromatic rings. The Hall–Kier alpha value is -0.643. The normalized spacial score (nSPS) is 11.2. The Kier molecular flexibility index (Phi) is 5.48. The van der Waals surface area contributed by atoms with E-state index in [2.05, 4.69) is 24.3 Å². The third kappa shape index (κ3) is 4.82. The number of methoxy groups -OCH3 is 1. The molecule has 0 amide bonds. The van der Waals surface area contributed by atoms with E-state index in [-0.39, 0.29) is 9.52 Å². The second-order valence-electron chi connectivity index (χ2n) is 2.84. The lowest BCUT2D eigenvalue weighted by molar-refractivity contribution is 0.0929. The van der Waals surface area contributed by atoms with Crippen LogP contribution in [0.1, 0.15) is 0 Å². The molecule has 0 N–H and O–H groups in total. The first-order valence-electron chi connectivity index (χ1n) is 4.54. The van der Waals surface area contributed by atoms with E-state index >= 15 is 0 Å². The van der Waals surface area contributed by atoms with E-state index in [1.165, 1.54) is 5.19 Å². The van der Waals surface area contributed by atoms with Gasteiger partial charge in [0, 0.05) is 13.3 Å². The second kappa shape index (κ2) is 6.83. The molecule has 0 saturated heterocycles. The SMILES string of the molecule is COCCOC[SiH2]c1ccccc1. The highest BCUT2D eigenvalue weighted by atomic mass is 28.2. The summed E-state index contributed by atoms with van der Waals surface area (Å²) in [6, 6.07) is 10.6. The van der Waals surface area contributed by atoms with Crippen LogP contribution in [0.4, 0.5) is 0 Å². The van der Waals surface area contributed by atoms with E-state index in [9.17, 15) is 0 Å². The lowest BCUT2D eigenvalue weighted by atomic mass is 10.4. The van der Waals surface area contributed by atoms with Gasteiger partial charge in [0.2, 0.25) is 0 Å². The second-order valence-corrected chi connectivity index (χ2v) is 4.57. The maximum Gasteiger partial charge on any atom is 0.0848 e. The molecular weight excluding hydrogens is 180 g/mol. The van der Waals surface area contributed by atoms with Crippen LogP contribution >= 0.6 is 0 Å². The van der Waals surface area contributed by atoms with Crippen LogP contribution in [-0.2, 0) is 9.47 Å². The minimum absolute atomic E-state index is 0.217. The molecule has 0 radical (unpaired) electrons. The summed E-state index contributed by atoms with van der Waals surface area (Å²) in [7, 11) is 1.48. The number of benzene rings is 1. The van der Waals surface area contributed by atoms with Gasteiger partial charge in [-0.05, 0) is 0 Å². The fourth-order valence-corrected chi connectivity index (χ4v) is 2.27. The molecule has 2 nitrogen and oxygen atoms in total. The van der Waals surface area contributed by atoms with Crippen LogP contribution < -0.4 is 5.19 Å². The van der Waals surface area contributed by atoms with Gasteiger partial charge >= 0.3 is 0 Å². The van der Waals surface area contributed by atoms with Gasteiger partial charge in [-0.3, -0.25) is 0 Å². The van der Waals surface area contributed by atoms with Gasteiger partial charge < -0.3 is 9.47 Å². The van der Waals surface area contributed by atoms with E-state index in [0.717, 1.165) is 12.8 Å². The Labute approximate surface area is 81.7 Å². The van der Waals surface area contributed by atoms with Crippen molar-refractivity contribution >= 4 is 14.7 Å². The zero-order valence-electron chi connectivity index (χ0n) is 8.03. The summed E-state index contributed by atoms with van der Waals surface area (Å²) < 4.78 is 10.3. The Morgan fingerprint density at radius 3 is 2.62 bits per heavy atom. The molecule has 13 heavy (non-hydrogen) atoms. The lowest BCUT2D eigenvalue weighted by Gasteiger charge is -2.02. The van der Waals surface area contributed by atoms with Crippen molar-refractivity contribution in [3.05, 3.63) is 30.3 Å². The monoisotopic (exact) mass is 196 g/mol. The first kappa shape index (κ1) is 10.4. The van der Waals surface area contributed by atoms with Crippen molar-refractivity contribution in [1.82, 2.24) is 0 Å². The third-order valence-corrected chi connectivity index (χ3v) is 3.35. The molecule has 0 saturated carbocycles. The van der Waals surface area contributed by atoms with E-state index in [0.29, 0.717) is 6.61 Å². The summed E-state index contributed by atoms with van der Waals surface area (Å²) in [6.45, 7) is 1.42. The largest absolute Gasteiger partial charge is 0.383 e. The number of ether oxygens (including phenoxy) is 2. The van der Waals surface area contributed by atoms with Crippen LogP contribution in [0.25, 0.3) is 0 Å². The highest BCUT2D eigenvalue weighted by molar-refractivity contribution is 6.53. The molecular formula is C10H16O2Si. The minimum Gasteiger partial charge on any atom is -0.383 e. The fourth-order valence-electron chi connectivity index (χ4n) is 1.08. The molecule has 3 heteroatoms. The Morgan fingerprint density at radius 1 is 1.15 bits per heavy atom. The Morgan fingerprint density at radius 2 is 1.92 bits per heavy atom. The van der Waals surface area contributed by atoms with Gasteiger partial charge in [0.05, 0.1) is 22.7 Å². The highest BCUT2D eigenvalue weighted by Crippen LogP contribution is 1.82. The van der Waals surface area contributed by atoms with Crippen molar-refractivity contribution in [3.8, 4) is 0 Å². The van der Waals surface area contributed by atoms with E-state index in [4.69, 9.17) is 9.47 Å². The van der Waals surface area contributed by atoms with Gasteiger partial charge in [-0.15, -0.1) is 0 Å². The lowest BCUT2D eigenvalue weighted by Crippen LogP contribution is -2.20. The topological polar surface area (TPSA) is 18.5 Å². The summed E-state index contributed by atoms with van der Waals surface area (Å²) in [4.78, 5) is 0. The standard InChI is InChI=1S/C10H16O2Si/c1-11-7-8-12-9-13-10-5-3-2-4-6-10/h2-6H,7-9,13H2,1H3. The summed E-state index contributed by atoms with van der Waals surface area (Å²) in [5.74, 6) is 0. The molecule has 0 aliphatic heterocycles. The van der Waals surface area contributed by atoms with Gasteiger partial charge in [-0.2, -0.15) is 0 Å². The molecule has 0 heterocycles. The first-order valence-corrected chi connectivity index (χ1v) is 6.25. The van der Waals surface area contributed by atoms with Crippen molar-refractivity contribution in [2.75, 3.05) is 26.6 Å². The average Bonchev–Trinajstić information content (AvgIpc) is 2.19. The first-order chi connectivity index (χ1) is 6.43. The van der Waals surface area contributed by atoms with Crippen molar-refractivity contribution in [1.29, 1.82) is 0 Å². The Balaban J connectivity index is 2.07. The van der Waals surface area contributed by atoms with Gasteiger partial charge in [0.1, 0.15) is 0 Å². The molecule has 72 valence electrons. The molecule has 0 atom stereocenters. The van der Waals surface area contributed by atoms with Crippen LogP contribution in [0.5, 0.6) is 0 Å². The van der Waals surface area contributed by atoms with E-state index in [1.54, 1.807) is 7.11 Å². The van der Waals surface area contributed by atoms with Crippen molar-refractivity contribution < 1.29 is 9.47 Å². The van der Waals surface area contributed by atoms with Gasteiger partial charge in [0.25, 0.3) is 0 Å². The van der Waals surface area contributed by atoms with E-state index in [1.807, 2.05) is 6.07 Å². The van der Waals surface area contributed by atoms with Crippen LogP contribution in [0.3, 0.4) is 0 Å². The zero-order valence-corrected chi connectivity index (χ0v) is 9.45. The molecule has 0 aromatic heterocycles. The molecule has 1 aromatic carbocycles. The van der Waals surface area contributed by atoms with Gasteiger partial charge in [-0.1, -0.05) is 35.5 Å². The maximum absolute atomic E-state index is 5.41. The molecule has 0 aliphatic rings. The molecule has 0 fully saturated rings. The zero-order chi connectivity index (χ0) is 9.36. The molecule has 0 spiro atoms. The van der Waals surface area contributed by atoms with Crippen LogP contribution in [-0.4, -0.2) is 36.1 Å². The molecule has 1 rings (SSSR count). The molecule has 0 unspecified atom stereocenters. The number of hydrogen-bond acceptors (Lipinski definition) is 2. The molecule has 0 aliphatic carbocycles. The van der Waals surface area contributed by atoms with E-state index < -0.39 is 0 Å². The van der Waals surface area contributed by atoms with Crippen LogP contribution in [0.2, 0.25) is 0 Å². The smallest absolute Gasteiger partial charge is 0.0848 e. The highest BCUT2D eigenvalue weighted by Gasteiger charge is 1.92. The summed E-state index contributed by atoms with van der Waals surface area (Å²) in [6.07, 6.45) is 0.910. The summed E-state index contributed by atoms with van der Waals surface area (Å²) >= 11 is 0. The van der Waals surface area contributed by atoms with Crippen LogP contribution in [0.15, 0.2) is 30.3 Å². The average molecular weight is 196 g/mol. The number of hydrogen-bond donors (Lipinski definition) is 0. The molecule has 0 bridgehead atoms. The van der Waals surface area contributed by atoms with Crippen molar-refractivity contribution in [2.24, 2.45) is 0 Å². The van der Waals surface area contributed by atoms with Crippen molar-refractivity contribution in [3.63, 3.8) is 0 Å². The summed E-state index contributed by atoms with van der Waals surface area (Å²) in [5, 5.41) is 1.46. The maximum atomic E-state index is 5.41. The third-order valence-electron chi connectivity index (χ3n) is 1.81. The number of rotatable bonds is 6. The van der Waals surface area contributed by atoms with Crippen LogP contribution in [0, 0.1) is 0 Å². The predicted octanol–water partition coefficient (Wildman–Crippen LogP) is 0.101. The fraction of sp³-hybridized carbons (Fsp3) is 0.400. The summed E-state index contributed by atoms with van der Waals surface area (Å²) in [5.41, 5.74) is 0. The van der Waals surface area contributed by atoms with Gasteiger partial charge in [-0.25, -0.2) is 0 Å². The quantitative estimate of drug-likeness (QED) is 0.475.